The van der Waals surface area contributed by atoms with Crippen molar-refractivity contribution < 1.29 is 40.4 Å². The van der Waals surface area contributed by atoms with E-state index in [9.17, 15) is 31.1 Å². The van der Waals surface area contributed by atoms with Gasteiger partial charge in [0.2, 0.25) is 5.82 Å². The van der Waals surface area contributed by atoms with Gasteiger partial charge in [0.05, 0.1) is 0 Å². The number of fused-ring (bicyclic) bond motifs is 1. The second-order valence-corrected chi connectivity index (χ2v) is 6.65. The van der Waals surface area contributed by atoms with E-state index in [1.165, 1.54) is 29.2 Å². The molecule has 0 saturated heterocycles. The van der Waals surface area contributed by atoms with E-state index in [1.54, 1.807) is 12.1 Å². The minimum atomic E-state index is -4.84. The van der Waals surface area contributed by atoms with E-state index < -0.39 is 30.1 Å². The van der Waals surface area contributed by atoms with Gasteiger partial charge in [-0.05, 0) is 29.3 Å². The number of aromatic nitrogens is 2. The van der Waals surface area contributed by atoms with Crippen LogP contribution in [0.4, 0.5) is 26.3 Å². The van der Waals surface area contributed by atoms with Crippen LogP contribution in [0.3, 0.4) is 0 Å². The number of nitrogens with zero attached hydrogens (tertiary/aromatic N) is 3. The van der Waals surface area contributed by atoms with Gasteiger partial charge in [-0.15, -0.1) is 13.2 Å². The third-order valence-corrected chi connectivity index (χ3v) is 4.42. The van der Waals surface area contributed by atoms with Gasteiger partial charge in [0.15, 0.2) is 0 Å². The van der Waals surface area contributed by atoms with Gasteiger partial charge in [0.1, 0.15) is 5.75 Å². The number of rotatable bonds is 4. The summed E-state index contributed by atoms with van der Waals surface area (Å²) in [6.45, 7) is 0.192. The first-order valence-electron chi connectivity index (χ1n) is 8.68. The van der Waals surface area contributed by atoms with Crippen LogP contribution in [0.5, 0.6) is 5.75 Å². The number of halogens is 6. The average Bonchev–Trinajstić information content (AvgIpc) is 3.27. The molecule has 0 N–H and O–H groups in total. The summed E-state index contributed by atoms with van der Waals surface area (Å²) in [5.74, 6) is -2.66. The lowest BCUT2D eigenvalue weighted by atomic mass is 10.1. The first-order chi connectivity index (χ1) is 14.5. The molecule has 1 aliphatic rings. The second kappa shape index (κ2) is 7.29. The van der Waals surface area contributed by atoms with Crippen LogP contribution in [0.2, 0.25) is 0 Å². The summed E-state index contributed by atoms with van der Waals surface area (Å²) in [7, 11) is 0. The largest absolute Gasteiger partial charge is 0.573 e. The lowest BCUT2D eigenvalue weighted by Crippen LogP contribution is -2.23. The summed E-state index contributed by atoms with van der Waals surface area (Å²) < 4.78 is 83.2. The highest BCUT2D eigenvalue weighted by molar-refractivity contribution is 5.99. The Bertz CT molecular complexity index is 1140. The maximum atomic E-state index is 12.7. The SMILES string of the molecule is O=C1c2cc(-c3noc(C(F)(F)F)n3)ccc2CN1Cc1cccc(OC(F)(F)F)c1. The van der Waals surface area contributed by atoms with E-state index in [1.807, 2.05) is 0 Å². The van der Waals surface area contributed by atoms with Crippen molar-refractivity contribution in [2.45, 2.75) is 25.6 Å². The third-order valence-electron chi connectivity index (χ3n) is 4.42. The maximum Gasteiger partial charge on any atom is 0.573 e. The Hall–Kier alpha value is -3.57. The Labute approximate surface area is 170 Å². The molecule has 2 heterocycles. The number of carbonyl (C=O) groups is 1. The van der Waals surface area contributed by atoms with Crippen molar-refractivity contribution in [2.24, 2.45) is 0 Å². The fraction of sp³-hybridized carbons (Fsp3) is 0.211. The molecule has 0 spiro atoms. The van der Waals surface area contributed by atoms with E-state index in [0.717, 1.165) is 6.07 Å². The molecule has 1 aliphatic heterocycles. The van der Waals surface area contributed by atoms with Gasteiger partial charge in [-0.25, -0.2) is 0 Å². The molecule has 0 atom stereocenters. The summed E-state index contributed by atoms with van der Waals surface area (Å²) in [4.78, 5) is 17.4. The lowest BCUT2D eigenvalue weighted by molar-refractivity contribution is -0.274. The molecular weight excluding hydrogens is 432 g/mol. The van der Waals surface area contributed by atoms with Gasteiger partial charge in [0.25, 0.3) is 5.91 Å². The Kier molecular flexibility index (Phi) is 4.86. The van der Waals surface area contributed by atoms with Crippen LogP contribution in [0, 0.1) is 0 Å². The van der Waals surface area contributed by atoms with Crippen molar-refractivity contribution in [1.82, 2.24) is 15.0 Å². The molecule has 2 aromatic carbocycles. The fourth-order valence-electron chi connectivity index (χ4n) is 3.15. The monoisotopic (exact) mass is 443 g/mol. The van der Waals surface area contributed by atoms with E-state index in [2.05, 4.69) is 19.4 Å². The van der Waals surface area contributed by atoms with E-state index in [-0.39, 0.29) is 30.0 Å². The lowest BCUT2D eigenvalue weighted by Gasteiger charge is -2.16. The maximum absolute atomic E-state index is 12.7. The fourth-order valence-corrected chi connectivity index (χ4v) is 3.15. The molecule has 0 radical (unpaired) electrons. The van der Waals surface area contributed by atoms with Gasteiger partial charge in [-0.3, -0.25) is 4.79 Å². The van der Waals surface area contributed by atoms with Crippen molar-refractivity contribution >= 4 is 5.91 Å². The first kappa shape index (κ1) is 20.7. The van der Waals surface area contributed by atoms with E-state index >= 15 is 0 Å². The molecule has 162 valence electrons. The van der Waals surface area contributed by atoms with Crippen LogP contribution in [-0.2, 0) is 19.3 Å². The van der Waals surface area contributed by atoms with Gasteiger partial charge in [-0.2, -0.15) is 18.2 Å². The molecule has 0 unspecified atom stereocenters. The quantitative estimate of drug-likeness (QED) is 0.542. The second-order valence-electron chi connectivity index (χ2n) is 6.65. The molecule has 1 amide bonds. The van der Waals surface area contributed by atoms with Crippen LogP contribution >= 0.6 is 0 Å². The molecular formula is C19H11F6N3O3. The molecule has 4 rings (SSSR count). The minimum absolute atomic E-state index is 0.0122. The normalized spacial score (nSPS) is 14.1. The molecule has 31 heavy (non-hydrogen) atoms. The van der Waals surface area contributed by atoms with Crippen LogP contribution in [0.25, 0.3) is 11.4 Å². The van der Waals surface area contributed by atoms with Crippen molar-refractivity contribution in [3.63, 3.8) is 0 Å². The van der Waals surface area contributed by atoms with Crippen molar-refractivity contribution in [3.05, 3.63) is 65.0 Å². The van der Waals surface area contributed by atoms with Crippen LogP contribution in [-0.4, -0.2) is 27.3 Å². The van der Waals surface area contributed by atoms with Gasteiger partial charge >= 0.3 is 18.4 Å². The highest BCUT2D eigenvalue weighted by atomic mass is 19.4. The summed E-state index contributed by atoms with van der Waals surface area (Å²) in [6.07, 6.45) is -9.63. The van der Waals surface area contributed by atoms with Crippen molar-refractivity contribution in [2.75, 3.05) is 0 Å². The molecule has 0 fully saturated rings. The third kappa shape index (κ3) is 4.47. The number of alkyl halides is 6. The van der Waals surface area contributed by atoms with Crippen LogP contribution in [0.15, 0.2) is 47.0 Å². The summed E-state index contributed by atoms with van der Waals surface area (Å²) >= 11 is 0. The molecule has 0 aliphatic carbocycles. The van der Waals surface area contributed by atoms with Gasteiger partial charge < -0.3 is 14.2 Å². The zero-order chi connectivity index (χ0) is 22.4. The zero-order valence-electron chi connectivity index (χ0n) is 15.3. The van der Waals surface area contributed by atoms with Crippen molar-refractivity contribution in [1.29, 1.82) is 0 Å². The van der Waals surface area contributed by atoms with E-state index in [4.69, 9.17) is 0 Å². The van der Waals surface area contributed by atoms with Gasteiger partial charge in [0, 0.05) is 24.2 Å². The van der Waals surface area contributed by atoms with Crippen LogP contribution in [0.1, 0.15) is 27.4 Å². The summed E-state index contributed by atoms with van der Waals surface area (Å²) in [6, 6.07) is 9.59. The number of amides is 1. The molecule has 6 nitrogen and oxygen atoms in total. The first-order valence-corrected chi connectivity index (χ1v) is 8.68. The van der Waals surface area contributed by atoms with Crippen LogP contribution < -0.4 is 4.74 Å². The minimum Gasteiger partial charge on any atom is -0.406 e. The number of hydrogen-bond acceptors (Lipinski definition) is 5. The Morgan fingerprint density at radius 1 is 1.06 bits per heavy atom. The predicted octanol–water partition coefficient (Wildman–Crippen LogP) is 4.81. The number of hydrogen-bond donors (Lipinski definition) is 0. The molecule has 3 aromatic rings. The smallest absolute Gasteiger partial charge is 0.406 e. The summed E-state index contributed by atoms with van der Waals surface area (Å²) in [5, 5.41) is 3.29. The zero-order valence-corrected chi connectivity index (χ0v) is 15.3. The van der Waals surface area contributed by atoms with Gasteiger partial charge in [-0.1, -0.05) is 29.4 Å². The molecule has 0 bridgehead atoms. The Morgan fingerprint density at radius 3 is 2.52 bits per heavy atom. The average molecular weight is 443 g/mol. The Balaban J connectivity index is 1.53. The number of carbonyl (C=O) groups excluding carboxylic acids is 1. The molecule has 12 heteroatoms. The highest BCUT2D eigenvalue weighted by Crippen LogP contribution is 2.32. The topological polar surface area (TPSA) is 68.5 Å². The van der Waals surface area contributed by atoms with E-state index in [0.29, 0.717) is 11.1 Å². The summed E-state index contributed by atoms with van der Waals surface area (Å²) in [5.41, 5.74) is 1.42. The number of ether oxygens (including phenoxy) is 1. The Morgan fingerprint density at radius 2 is 1.84 bits per heavy atom. The highest BCUT2D eigenvalue weighted by Gasteiger charge is 2.39. The van der Waals surface area contributed by atoms with Crippen molar-refractivity contribution in [3.8, 4) is 17.1 Å². The standard InChI is InChI=1S/C19H11F6N3O3/c20-18(21,22)17-26-15(27-31-17)11-4-5-12-9-28(16(29)14(12)7-11)8-10-2-1-3-13(6-10)30-19(23,24)25/h1-7H,8-9H2. The molecule has 1 aromatic heterocycles. The number of benzene rings is 2. The predicted molar refractivity (Wildman–Crippen MR) is 91.4 cm³/mol. The molecule has 0 saturated carbocycles.